The number of aromatic carboxylic acids is 1. The number of carboxylic acid groups (broad SMARTS) is 1. The second-order valence-corrected chi connectivity index (χ2v) is 4.94. The van der Waals surface area contributed by atoms with E-state index in [1.807, 2.05) is 0 Å². The fraction of sp³-hybridized carbons (Fsp3) is 0.500. The minimum atomic E-state index is -0.908. The third kappa shape index (κ3) is 2.75. The Morgan fingerprint density at radius 3 is 2.78 bits per heavy atom. The quantitative estimate of drug-likeness (QED) is 0.759. The molecule has 18 heavy (non-hydrogen) atoms. The molecule has 0 spiro atoms. The van der Waals surface area contributed by atoms with E-state index in [4.69, 9.17) is 5.73 Å². The Kier molecular flexibility index (Phi) is 3.75. The number of para-hydroxylation sites is 1. The van der Waals surface area contributed by atoms with Gasteiger partial charge in [-0.25, -0.2) is 4.79 Å². The second-order valence-electron chi connectivity index (χ2n) is 4.94. The van der Waals surface area contributed by atoms with E-state index in [2.05, 4.69) is 11.8 Å². The maximum atomic E-state index is 11.3. The monoisotopic (exact) mass is 248 g/mol. The summed E-state index contributed by atoms with van der Waals surface area (Å²) in [6, 6.07) is 5.10. The number of hydrogen-bond donors (Lipinski definition) is 2. The van der Waals surface area contributed by atoms with Crippen LogP contribution in [0.1, 0.15) is 36.5 Å². The molecule has 98 valence electrons. The molecule has 4 heteroatoms. The van der Waals surface area contributed by atoms with Crippen LogP contribution in [0.15, 0.2) is 18.2 Å². The molecule has 0 unspecified atom stereocenters. The van der Waals surface area contributed by atoms with Gasteiger partial charge in [-0.1, -0.05) is 13.0 Å². The van der Waals surface area contributed by atoms with Gasteiger partial charge in [0.1, 0.15) is 0 Å². The molecule has 1 aromatic rings. The average molecular weight is 248 g/mol. The first kappa shape index (κ1) is 12.7. The number of hydrogen-bond acceptors (Lipinski definition) is 3. The summed E-state index contributed by atoms with van der Waals surface area (Å²) in [5, 5.41) is 9.27. The number of anilines is 2. The van der Waals surface area contributed by atoms with E-state index in [1.54, 1.807) is 18.2 Å². The van der Waals surface area contributed by atoms with Gasteiger partial charge in [-0.15, -0.1) is 0 Å². The summed E-state index contributed by atoms with van der Waals surface area (Å²) in [5.74, 6) is -0.202. The van der Waals surface area contributed by atoms with E-state index in [1.165, 1.54) is 12.8 Å². The largest absolute Gasteiger partial charge is 0.478 e. The first-order chi connectivity index (χ1) is 8.63. The van der Waals surface area contributed by atoms with Crippen LogP contribution >= 0.6 is 0 Å². The average Bonchev–Trinajstić information content (AvgIpc) is 3.12. The summed E-state index contributed by atoms with van der Waals surface area (Å²) in [4.78, 5) is 13.4. The molecule has 3 N–H and O–H groups in total. The van der Waals surface area contributed by atoms with Crippen LogP contribution < -0.4 is 10.6 Å². The van der Waals surface area contributed by atoms with Crippen molar-refractivity contribution in [3.63, 3.8) is 0 Å². The van der Waals surface area contributed by atoms with Gasteiger partial charge in [0.15, 0.2) is 0 Å². The Morgan fingerprint density at radius 1 is 1.50 bits per heavy atom. The summed E-state index contributed by atoms with van der Waals surface area (Å²) >= 11 is 0. The first-order valence-electron chi connectivity index (χ1n) is 6.50. The topological polar surface area (TPSA) is 66.6 Å². The van der Waals surface area contributed by atoms with E-state index in [0.29, 0.717) is 22.9 Å². The lowest BCUT2D eigenvalue weighted by atomic mass is 10.1. The Bertz CT molecular complexity index is 441. The van der Waals surface area contributed by atoms with Crippen LogP contribution in [0.2, 0.25) is 0 Å². The minimum absolute atomic E-state index is 0.309. The predicted octanol–water partition coefficient (Wildman–Crippen LogP) is 2.59. The fourth-order valence-electron chi connectivity index (χ4n) is 2.26. The molecule has 1 saturated carbocycles. The fourth-order valence-corrected chi connectivity index (χ4v) is 2.26. The van der Waals surface area contributed by atoms with Gasteiger partial charge in [-0.05, 0) is 37.3 Å². The minimum Gasteiger partial charge on any atom is -0.478 e. The molecular weight excluding hydrogens is 228 g/mol. The molecule has 1 aromatic carbocycles. The third-order valence-corrected chi connectivity index (χ3v) is 3.28. The zero-order valence-electron chi connectivity index (χ0n) is 10.7. The molecule has 4 nitrogen and oxygen atoms in total. The van der Waals surface area contributed by atoms with Crippen molar-refractivity contribution in [3.05, 3.63) is 23.8 Å². The summed E-state index contributed by atoms with van der Waals surface area (Å²) in [6.45, 7) is 3.87. The summed E-state index contributed by atoms with van der Waals surface area (Å²) in [6.07, 6.45) is 3.48. The zero-order valence-corrected chi connectivity index (χ0v) is 10.7. The maximum Gasteiger partial charge on any atom is 0.337 e. The van der Waals surface area contributed by atoms with Gasteiger partial charge in [0, 0.05) is 13.1 Å². The molecule has 0 aliphatic heterocycles. The molecule has 1 fully saturated rings. The highest BCUT2D eigenvalue weighted by atomic mass is 16.4. The van der Waals surface area contributed by atoms with Crippen molar-refractivity contribution in [2.75, 3.05) is 23.7 Å². The summed E-state index contributed by atoms with van der Waals surface area (Å²) in [7, 11) is 0. The van der Waals surface area contributed by atoms with Crippen molar-refractivity contribution < 1.29 is 9.90 Å². The lowest BCUT2D eigenvalue weighted by molar-refractivity contribution is 0.0697. The highest BCUT2D eigenvalue weighted by Crippen LogP contribution is 2.35. The van der Waals surface area contributed by atoms with Crippen molar-refractivity contribution in [1.29, 1.82) is 0 Å². The lowest BCUT2D eigenvalue weighted by Crippen LogP contribution is -2.29. The van der Waals surface area contributed by atoms with Crippen LogP contribution in [0.4, 0.5) is 11.4 Å². The van der Waals surface area contributed by atoms with Crippen LogP contribution in [-0.2, 0) is 0 Å². The molecule has 0 heterocycles. The normalized spacial score (nSPS) is 14.5. The van der Waals surface area contributed by atoms with Crippen LogP contribution in [0, 0.1) is 5.92 Å². The summed E-state index contributed by atoms with van der Waals surface area (Å²) in [5.41, 5.74) is 7.54. The van der Waals surface area contributed by atoms with Crippen LogP contribution in [0.25, 0.3) is 0 Å². The van der Waals surface area contributed by atoms with E-state index in [-0.39, 0.29) is 0 Å². The van der Waals surface area contributed by atoms with Gasteiger partial charge in [0.2, 0.25) is 0 Å². The third-order valence-electron chi connectivity index (χ3n) is 3.28. The van der Waals surface area contributed by atoms with Crippen molar-refractivity contribution in [2.45, 2.75) is 26.2 Å². The molecule has 2 rings (SSSR count). The summed E-state index contributed by atoms with van der Waals surface area (Å²) < 4.78 is 0. The van der Waals surface area contributed by atoms with E-state index >= 15 is 0 Å². The van der Waals surface area contributed by atoms with Crippen LogP contribution in [0.3, 0.4) is 0 Å². The van der Waals surface area contributed by atoms with Gasteiger partial charge in [-0.3, -0.25) is 0 Å². The number of rotatable bonds is 6. The van der Waals surface area contributed by atoms with Crippen LogP contribution in [0.5, 0.6) is 0 Å². The molecule has 0 atom stereocenters. The highest BCUT2D eigenvalue weighted by molar-refractivity contribution is 5.98. The van der Waals surface area contributed by atoms with Crippen molar-refractivity contribution in [1.82, 2.24) is 0 Å². The maximum absolute atomic E-state index is 11.3. The van der Waals surface area contributed by atoms with Crippen LogP contribution in [-0.4, -0.2) is 24.2 Å². The van der Waals surface area contributed by atoms with Crippen molar-refractivity contribution in [3.8, 4) is 0 Å². The van der Waals surface area contributed by atoms with Gasteiger partial charge >= 0.3 is 5.97 Å². The second kappa shape index (κ2) is 5.29. The number of carboxylic acids is 1. The molecule has 1 aliphatic carbocycles. The first-order valence-corrected chi connectivity index (χ1v) is 6.50. The molecule has 1 aliphatic rings. The number of carbonyl (C=O) groups is 1. The highest BCUT2D eigenvalue weighted by Gasteiger charge is 2.27. The van der Waals surface area contributed by atoms with Gasteiger partial charge < -0.3 is 15.7 Å². The zero-order chi connectivity index (χ0) is 13.1. The number of benzene rings is 1. The van der Waals surface area contributed by atoms with E-state index < -0.39 is 5.97 Å². The lowest BCUT2D eigenvalue weighted by Gasteiger charge is -2.27. The number of nitrogen functional groups attached to an aromatic ring is 1. The Hall–Kier alpha value is -1.71. The Balaban J connectivity index is 2.34. The molecule has 0 bridgehead atoms. The molecule has 0 saturated heterocycles. The number of nitrogens with two attached hydrogens (primary N) is 1. The van der Waals surface area contributed by atoms with Gasteiger partial charge in [0.05, 0.1) is 16.9 Å². The van der Waals surface area contributed by atoms with Crippen molar-refractivity contribution >= 4 is 17.3 Å². The van der Waals surface area contributed by atoms with E-state index in [0.717, 1.165) is 19.5 Å². The smallest absolute Gasteiger partial charge is 0.337 e. The predicted molar refractivity (Wildman–Crippen MR) is 73.0 cm³/mol. The molecule has 0 amide bonds. The Labute approximate surface area is 107 Å². The van der Waals surface area contributed by atoms with Crippen molar-refractivity contribution in [2.24, 2.45) is 5.92 Å². The van der Waals surface area contributed by atoms with E-state index in [9.17, 15) is 9.90 Å². The molecule has 0 aromatic heterocycles. The standard InChI is InChI=1S/C14H20N2O2/c1-2-8-16(9-10-6-7-10)13-11(14(17)18)4-3-5-12(13)15/h3-5,10H,2,6-9,15H2,1H3,(H,17,18). The number of nitrogens with zero attached hydrogens (tertiary/aromatic N) is 1. The SMILES string of the molecule is CCCN(CC1CC1)c1c(N)cccc1C(=O)O. The Morgan fingerprint density at radius 2 is 2.22 bits per heavy atom. The molecule has 0 radical (unpaired) electrons. The van der Waals surface area contributed by atoms with Gasteiger partial charge in [-0.2, -0.15) is 0 Å². The van der Waals surface area contributed by atoms with Gasteiger partial charge in [0.25, 0.3) is 0 Å². The molecular formula is C14H20N2O2.